The molecule has 1 nitrogen and oxygen atoms in total. The molecule has 0 aliphatic heterocycles. The first-order valence-corrected chi connectivity index (χ1v) is 6.02. The van der Waals surface area contributed by atoms with E-state index in [1.165, 1.54) is 6.07 Å². The fraction of sp³-hybridized carbons (Fsp3) is 0.571. The smallest absolute Gasteiger partial charge is 0.324 e. The summed E-state index contributed by atoms with van der Waals surface area (Å²) in [5, 5.41) is 0. The Morgan fingerprint density at radius 3 is 2.28 bits per heavy atom. The number of benzene rings is 1. The zero-order chi connectivity index (χ0) is 14.0. The molecule has 0 heterocycles. The van der Waals surface area contributed by atoms with Gasteiger partial charge in [-0.1, -0.05) is 32.9 Å². The van der Waals surface area contributed by atoms with Crippen LogP contribution in [0.4, 0.5) is 13.2 Å². The van der Waals surface area contributed by atoms with Gasteiger partial charge in [0.2, 0.25) is 0 Å². The van der Waals surface area contributed by atoms with Crippen LogP contribution < -0.4 is 5.73 Å². The SMILES string of the molecule is CC(C)(C)CCC(N)c1cccc(C(F)(F)F)c1. The molecule has 0 saturated heterocycles. The highest BCUT2D eigenvalue weighted by molar-refractivity contribution is 5.27. The Kier molecular flexibility index (Phi) is 4.43. The van der Waals surface area contributed by atoms with E-state index in [1.54, 1.807) is 6.07 Å². The first-order valence-electron chi connectivity index (χ1n) is 6.02. The van der Waals surface area contributed by atoms with Crippen LogP contribution in [0.15, 0.2) is 24.3 Å². The van der Waals surface area contributed by atoms with Crippen molar-refractivity contribution in [3.8, 4) is 0 Å². The summed E-state index contributed by atoms with van der Waals surface area (Å²) in [5.74, 6) is 0. The number of hydrogen-bond donors (Lipinski definition) is 1. The van der Waals surface area contributed by atoms with Crippen molar-refractivity contribution in [1.29, 1.82) is 0 Å². The minimum atomic E-state index is -4.31. The lowest BCUT2D eigenvalue weighted by molar-refractivity contribution is -0.137. The first-order chi connectivity index (χ1) is 8.09. The monoisotopic (exact) mass is 259 g/mol. The molecule has 1 rings (SSSR count). The molecule has 0 amide bonds. The quantitative estimate of drug-likeness (QED) is 0.847. The third-order valence-corrected chi connectivity index (χ3v) is 2.85. The Labute approximate surface area is 106 Å². The molecule has 18 heavy (non-hydrogen) atoms. The van der Waals surface area contributed by atoms with E-state index in [0.717, 1.165) is 18.6 Å². The summed E-state index contributed by atoms with van der Waals surface area (Å²) in [5.41, 5.74) is 6.00. The van der Waals surface area contributed by atoms with Crippen LogP contribution in [0.5, 0.6) is 0 Å². The molecule has 102 valence electrons. The van der Waals surface area contributed by atoms with Gasteiger partial charge in [0.15, 0.2) is 0 Å². The number of rotatable bonds is 3. The molecule has 0 radical (unpaired) electrons. The third kappa shape index (κ3) is 4.69. The molecule has 0 spiro atoms. The average Bonchev–Trinajstić information content (AvgIpc) is 2.24. The van der Waals surface area contributed by atoms with Gasteiger partial charge in [0.25, 0.3) is 0 Å². The average molecular weight is 259 g/mol. The second-order valence-corrected chi connectivity index (χ2v) is 5.83. The highest BCUT2D eigenvalue weighted by Crippen LogP contribution is 2.32. The van der Waals surface area contributed by atoms with Crippen LogP contribution in [0.25, 0.3) is 0 Å². The van der Waals surface area contributed by atoms with E-state index in [9.17, 15) is 13.2 Å². The normalized spacial score (nSPS) is 14.6. The molecule has 0 fully saturated rings. The van der Waals surface area contributed by atoms with Gasteiger partial charge >= 0.3 is 6.18 Å². The molecular weight excluding hydrogens is 239 g/mol. The Bertz CT molecular complexity index is 391. The van der Waals surface area contributed by atoms with Crippen LogP contribution in [0.3, 0.4) is 0 Å². The molecule has 0 bridgehead atoms. The van der Waals surface area contributed by atoms with Gasteiger partial charge in [-0.2, -0.15) is 13.2 Å². The van der Waals surface area contributed by atoms with Crippen LogP contribution in [-0.2, 0) is 6.18 Å². The largest absolute Gasteiger partial charge is 0.416 e. The number of alkyl halides is 3. The van der Waals surface area contributed by atoms with Crippen molar-refractivity contribution in [2.45, 2.75) is 45.8 Å². The van der Waals surface area contributed by atoms with Crippen molar-refractivity contribution in [1.82, 2.24) is 0 Å². The third-order valence-electron chi connectivity index (χ3n) is 2.85. The van der Waals surface area contributed by atoms with Crippen molar-refractivity contribution >= 4 is 0 Å². The lowest BCUT2D eigenvalue weighted by atomic mass is 9.87. The number of nitrogens with two attached hydrogens (primary N) is 1. The number of halogens is 3. The van der Waals surface area contributed by atoms with Gasteiger partial charge in [0, 0.05) is 6.04 Å². The van der Waals surface area contributed by atoms with Crippen LogP contribution >= 0.6 is 0 Å². The lowest BCUT2D eigenvalue weighted by Gasteiger charge is -2.21. The molecule has 0 saturated carbocycles. The maximum atomic E-state index is 12.6. The molecule has 0 aromatic heterocycles. The van der Waals surface area contributed by atoms with E-state index < -0.39 is 11.7 Å². The standard InChI is InChI=1S/C14H20F3N/c1-13(2,3)8-7-12(18)10-5-4-6-11(9-10)14(15,16)17/h4-6,9,12H,7-8,18H2,1-3H3. The van der Waals surface area contributed by atoms with Crippen molar-refractivity contribution in [2.75, 3.05) is 0 Å². The topological polar surface area (TPSA) is 26.0 Å². The van der Waals surface area contributed by atoms with Crippen molar-refractivity contribution < 1.29 is 13.2 Å². The second kappa shape index (κ2) is 5.31. The fourth-order valence-electron chi connectivity index (χ4n) is 1.70. The van der Waals surface area contributed by atoms with Gasteiger partial charge < -0.3 is 5.73 Å². The molecule has 1 aromatic carbocycles. The molecule has 1 aromatic rings. The van der Waals surface area contributed by atoms with Crippen molar-refractivity contribution in [2.24, 2.45) is 11.1 Å². The Balaban J connectivity index is 2.78. The summed E-state index contributed by atoms with van der Waals surface area (Å²) < 4.78 is 37.7. The van der Waals surface area contributed by atoms with Crippen LogP contribution in [0.2, 0.25) is 0 Å². The second-order valence-electron chi connectivity index (χ2n) is 5.83. The van der Waals surface area contributed by atoms with E-state index in [0.29, 0.717) is 12.0 Å². The van der Waals surface area contributed by atoms with E-state index >= 15 is 0 Å². The summed E-state index contributed by atoms with van der Waals surface area (Å²) in [6, 6.07) is 4.94. The highest BCUT2D eigenvalue weighted by atomic mass is 19.4. The summed E-state index contributed by atoms with van der Waals surface area (Å²) >= 11 is 0. The molecule has 4 heteroatoms. The highest BCUT2D eigenvalue weighted by Gasteiger charge is 2.30. The summed E-state index contributed by atoms with van der Waals surface area (Å²) in [4.78, 5) is 0. The molecule has 2 N–H and O–H groups in total. The van der Waals surface area contributed by atoms with Gasteiger partial charge in [-0.15, -0.1) is 0 Å². The van der Waals surface area contributed by atoms with Crippen molar-refractivity contribution in [3.63, 3.8) is 0 Å². The fourth-order valence-corrected chi connectivity index (χ4v) is 1.70. The lowest BCUT2D eigenvalue weighted by Crippen LogP contribution is -2.15. The molecule has 1 atom stereocenters. The number of hydrogen-bond acceptors (Lipinski definition) is 1. The predicted octanol–water partition coefficient (Wildman–Crippen LogP) is 4.53. The van der Waals surface area contributed by atoms with Gasteiger partial charge in [0.1, 0.15) is 0 Å². The Morgan fingerprint density at radius 2 is 1.78 bits per heavy atom. The molecule has 0 aliphatic rings. The van der Waals surface area contributed by atoms with Crippen LogP contribution in [0, 0.1) is 5.41 Å². The van der Waals surface area contributed by atoms with Crippen LogP contribution in [0.1, 0.15) is 50.8 Å². The van der Waals surface area contributed by atoms with Gasteiger partial charge in [-0.3, -0.25) is 0 Å². The maximum absolute atomic E-state index is 12.6. The molecular formula is C14H20F3N. The Hall–Kier alpha value is -1.03. The van der Waals surface area contributed by atoms with E-state index in [-0.39, 0.29) is 11.5 Å². The minimum absolute atomic E-state index is 0.138. The zero-order valence-corrected chi connectivity index (χ0v) is 11.0. The zero-order valence-electron chi connectivity index (χ0n) is 11.0. The van der Waals surface area contributed by atoms with E-state index in [1.807, 2.05) is 0 Å². The summed E-state index contributed by atoms with van der Waals surface area (Å²) in [7, 11) is 0. The maximum Gasteiger partial charge on any atom is 0.416 e. The minimum Gasteiger partial charge on any atom is -0.324 e. The van der Waals surface area contributed by atoms with Gasteiger partial charge in [-0.25, -0.2) is 0 Å². The summed E-state index contributed by atoms with van der Waals surface area (Å²) in [6.45, 7) is 6.27. The van der Waals surface area contributed by atoms with Gasteiger partial charge in [0.05, 0.1) is 5.56 Å². The summed E-state index contributed by atoms with van der Waals surface area (Å²) in [6.07, 6.45) is -2.74. The Morgan fingerprint density at radius 1 is 1.17 bits per heavy atom. The van der Waals surface area contributed by atoms with E-state index in [4.69, 9.17) is 5.73 Å². The van der Waals surface area contributed by atoms with Crippen molar-refractivity contribution in [3.05, 3.63) is 35.4 Å². The predicted molar refractivity (Wildman–Crippen MR) is 67.1 cm³/mol. The molecule has 0 aliphatic carbocycles. The van der Waals surface area contributed by atoms with E-state index in [2.05, 4.69) is 20.8 Å². The van der Waals surface area contributed by atoms with Gasteiger partial charge in [-0.05, 0) is 36.0 Å². The first kappa shape index (κ1) is 15.0. The molecule has 1 unspecified atom stereocenters. The van der Waals surface area contributed by atoms with Crippen LogP contribution in [-0.4, -0.2) is 0 Å².